The van der Waals surface area contributed by atoms with Crippen LogP contribution in [0.4, 0.5) is 4.39 Å². The van der Waals surface area contributed by atoms with Crippen molar-refractivity contribution in [3.8, 4) is 0 Å². The molecule has 4 aromatic rings. The lowest BCUT2D eigenvalue weighted by atomic mass is 10.1. The number of pyridine rings is 1. The minimum atomic E-state index is -0.250. The van der Waals surface area contributed by atoms with Gasteiger partial charge >= 0.3 is 0 Å². The molecule has 33 heavy (non-hydrogen) atoms. The van der Waals surface area contributed by atoms with Crippen molar-refractivity contribution in [2.45, 2.75) is 19.9 Å². The van der Waals surface area contributed by atoms with Crippen LogP contribution in [-0.2, 0) is 17.8 Å². The third-order valence-corrected chi connectivity index (χ3v) is 4.68. The number of aryl methyl sites for hydroxylation is 1. The number of rotatable bonds is 5. The molecule has 0 aliphatic carbocycles. The number of amides is 1. The topological polar surface area (TPSA) is 83.7 Å². The Hall–Kier alpha value is -4.26. The van der Waals surface area contributed by atoms with E-state index in [4.69, 9.17) is 9.90 Å². The molecule has 170 valence electrons. The molecule has 0 saturated carbocycles. The highest BCUT2D eigenvalue weighted by Crippen LogP contribution is 2.15. The van der Waals surface area contributed by atoms with Crippen molar-refractivity contribution in [3.05, 3.63) is 120 Å². The Morgan fingerprint density at radius 3 is 2.48 bits per heavy atom. The van der Waals surface area contributed by atoms with Crippen molar-refractivity contribution in [2.75, 3.05) is 0 Å². The predicted octanol–water partition coefficient (Wildman–Crippen LogP) is 4.81. The molecule has 1 amide bonds. The molecule has 0 spiro atoms. The van der Waals surface area contributed by atoms with E-state index in [9.17, 15) is 9.18 Å². The molecular formula is C26H26FN3O3. The van der Waals surface area contributed by atoms with E-state index < -0.39 is 0 Å². The summed E-state index contributed by atoms with van der Waals surface area (Å²) in [5, 5.41) is 9.82. The Balaban J connectivity index is 0.000000714. The standard InChI is InChI=1S/C23H20FN3O.C2H4.CH2O2/c1-16-6-8-17(9-7-16)14-25-23(28)19-10-11-27-15-20(26-22(27)13-19)12-18-4-2-3-5-21(18)24;1-2;2-1-3/h2-11,13,15H,12,14H2,1H3,(H,25,28);1-2H2;1H,(H,2,3). The zero-order valence-electron chi connectivity index (χ0n) is 18.4. The molecule has 0 fully saturated rings. The molecule has 0 unspecified atom stereocenters. The second kappa shape index (κ2) is 12.6. The van der Waals surface area contributed by atoms with Gasteiger partial charge in [-0.2, -0.15) is 0 Å². The monoisotopic (exact) mass is 447 g/mol. The third-order valence-electron chi connectivity index (χ3n) is 4.68. The lowest BCUT2D eigenvalue weighted by molar-refractivity contribution is -0.122. The molecule has 0 aliphatic heterocycles. The average molecular weight is 448 g/mol. The minimum Gasteiger partial charge on any atom is -0.483 e. The SMILES string of the molecule is C=C.Cc1ccc(CNC(=O)c2ccn3cc(Cc4ccccc4F)nc3c2)cc1.O=CO. The van der Waals surface area contributed by atoms with Crippen molar-refractivity contribution < 1.29 is 19.1 Å². The van der Waals surface area contributed by atoms with Gasteiger partial charge in [0.05, 0.1) is 5.69 Å². The summed E-state index contributed by atoms with van der Waals surface area (Å²) in [5.74, 6) is -0.391. The van der Waals surface area contributed by atoms with Crippen LogP contribution in [0.2, 0.25) is 0 Å². The molecule has 2 aromatic heterocycles. The smallest absolute Gasteiger partial charge is 0.290 e. The summed E-state index contributed by atoms with van der Waals surface area (Å²) in [7, 11) is 0. The van der Waals surface area contributed by atoms with Gasteiger partial charge in [0.2, 0.25) is 0 Å². The van der Waals surface area contributed by atoms with Gasteiger partial charge in [0, 0.05) is 30.9 Å². The molecule has 2 heterocycles. The van der Waals surface area contributed by atoms with Gasteiger partial charge in [0.1, 0.15) is 11.5 Å². The van der Waals surface area contributed by atoms with E-state index in [2.05, 4.69) is 23.5 Å². The first-order valence-electron chi connectivity index (χ1n) is 10.1. The van der Waals surface area contributed by atoms with Crippen molar-refractivity contribution in [1.29, 1.82) is 0 Å². The molecule has 6 nitrogen and oxygen atoms in total. The molecular weight excluding hydrogens is 421 g/mol. The average Bonchev–Trinajstić information content (AvgIpc) is 3.23. The molecule has 0 radical (unpaired) electrons. The van der Waals surface area contributed by atoms with Crippen LogP contribution in [0.3, 0.4) is 0 Å². The van der Waals surface area contributed by atoms with Crippen molar-refractivity contribution >= 4 is 18.0 Å². The molecule has 0 atom stereocenters. The van der Waals surface area contributed by atoms with Crippen LogP contribution < -0.4 is 5.32 Å². The van der Waals surface area contributed by atoms with Gasteiger partial charge in [0.15, 0.2) is 0 Å². The Morgan fingerprint density at radius 2 is 1.82 bits per heavy atom. The summed E-state index contributed by atoms with van der Waals surface area (Å²) < 4.78 is 15.7. The molecule has 0 saturated heterocycles. The highest BCUT2D eigenvalue weighted by atomic mass is 19.1. The van der Waals surface area contributed by atoms with Crippen LogP contribution in [0.25, 0.3) is 5.65 Å². The summed E-state index contributed by atoms with van der Waals surface area (Å²) in [6.45, 7) is 8.25. The minimum absolute atomic E-state index is 0.151. The Bertz CT molecular complexity index is 1200. The second-order valence-corrected chi connectivity index (χ2v) is 6.95. The van der Waals surface area contributed by atoms with Gasteiger partial charge < -0.3 is 14.8 Å². The van der Waals surface area contributed by atoms with Crippen LogP contribution in [0.15, 0.2) is 86.2 Å². The lowest BCUT2D eigenvalue weighted by Crippen LogP contribution is -2.22. The zero-order chi connectivity index (χ0) is 24.2. The van der Waals surface area contributed by atoms with E-state index in [1.165, 1.54) is 11.6 Å². The molecule has 0 bridgehead atoms. The van der Waals surface area contributed by atoms with Crippen molar-refractivity contribution in [3.63, 3.8) is 0 Å². The molecule has 2 aromatic carbocycles. The Kier molecular flexibility index (Phi) is 9.52. The normalized spacial score (nSPS) is 9.76. The third kappa shape index (κ3) is 7.14. The van der Waals surface area contributed by atoms with Crippen LogP contribution in [0.1, 0.15) is 32.7 Å². The number of hydrogen-bond donors (Lipinski definition) is 2. The van der Waals surface area contributed by atoms with Gasteiger partial charge in [-0.25, -0.2) is 9.37 Å². The van der Waals surface area contributed by atoms with Crippen LogP contribution in [-0.4, -0.2) is 26.9 Å². The van der Waals surface area contributed by atoms with Crippen LogP contribution >= 0.6 is 0 Å². The van der Waals surface area contributed by atoms with Gasteiger partial charge in [-0.3, -0.25) is 9.59 Å². The first-order chi connectivity index (χ1) is 16.0. The number of carbonyl (C=O) groups is 2. The summed E-state index contributed by atoms with van der Waals surface area (Å²) in [6.07, 6.45) is 4.06. The van der Waals surface area contributed by atoms with Crippen LogP contribution in [0.5, 0.6) is 0 Å². The summed E-state index contributed by atoms with van der Waals surface area (Å²) >= 11 is 0. The molecule has 7 heteroatoms. The zero-order valence-corrected chi connectivity index (χ0v) is 18.4. The van der Waals surface area contributed by atoms with E-state index in [0.29, 0.717) is 29.7 Å². The van der Waals surface area contributed by atoms with Crippen molar-refractivity contribution in [1.82, 2.24) is 14.7 Å². The van der Waals surface area contributed by atoms with E-state index in [1.54, 1.807) is 30.5 Å². The Morgan fingerprint density at radius 1 is 1.15 bits per heavy atom. The number of aromatic nitrogens is 2. The maximum absolute atomic E-state index is 13.9. The number of carboxylic acid groups (broad SMARTS) is 1. The number of carbonyl (C=O) groups excluding carboxylic acids is 1. The first kappa shape index (κ1) is 25.0. The fraction of sp³-hybridized carbons (Fsp3) is 0.115. The maximum Gasteiger partial charge on any atom is 0.290 e. The second-order valence-electron chi connectivity index (χ2n) is 6.95. The number of imidazole rings is 1. The van der Waals surface area contributed by atoms with E-state index in [0.717, 1.165) is 11.3 Å². The summed E-state index contributed by atoms with van der Waals surface area (Å²) in [6, 6.07) is 18.2. The summed E-state index contributed by atoms with van der Waals surface area (Å²) in [4.78, 5) is 25.4. The highest BCUT2D eigenvalue weighted by molar-refractivity contribution is 5.95. The Labute approximate surface area is 192 Å². The van der Waals surface area contributed by atoms with E-state index in [-0.39, 0.29) is 18.2 Å². The fourth-order valence-electron chi connectivity index (χ4n) is 3.09. The number of halogens is 1. The lowest BCUT2D eigenvalue weighted by Gasteiger charge is -2.06. The quantitative estimate of drug-likeness (QED) is 0.340. The van der Waals surface area contributed by atoms with Gasteiger partial charge in [-0.15, -0.1) is 13.2 Å². The van der Waals surface area contributed by atoms with Gasteiger partial charge in [-0.1, -0.05) is 48.0 Å². The number of nitrogens with zero attached hydrogens (tertiary/aromatic N) is 2. The fourth-order valence-corrected chi connectivity index (χ4v) is 3.09. The molecule has 2 N–H and O–H groups in total. The number of nitrogens with one attached hydrogen (secondary N) is 1. The van der Waals surface area contributed by atoms with Gasteiger partial charge in [0.25, 0.3) is 12.4 Å². The molecule has 4 rings (SSSR count). The molecule has 0 aliphatic rings. The number of benzene rings is 2. The highest BCUT2D eigenvalue weighted by Gasteiger charge is 2.10. The number of hydrogen-bond acceptors (Lipinski definition) is 3. The van der Waals surface area contributed by atoms with Crippen molar-refractivity contribution in [2.24, 2.45) is 0 Å². The predicted molar refractivity (Wildman–Crippen MR) is 127 cm³/mol. The first-order valence-corrected chi connectivity index (χ1v) is 10.1. The number of fused-ring (bicyclic) bond motifs is 1. The summed E-state index contributed by atoms with van der Waals surface area (Å²) in [5.41, 5.74) is 4.79. The van der Waals surface area contributed by atoms with E-state index in [1.807, 2.05) is 47.9 Å². The van der Waals surface area contributed by atoms with Crippen LogP contribution in [0, 0.1) is 12.7 Å². The van der Waals surface area contributed by atoms with E-state index >= 15 is 0 Å². The van der Waals surface area contributed by atoms with Gasteiger partial charge in [-0.05, 0) is 36.2 Å². The largest absolute Gasteiger partial charge is 0.483 e. The maximum atomic E-state index is 13.9.